The van der Waals surface area contributed by atoms with E-state index < -0.39 is 5.97 Å². The molecule has 1 rings (SSSR count). The van der Waals surface area contributed by atoms with Crippen molar-refractivity contribution in [3.05, 3.63) is 5.82 Å². The lowest BCUT2D eigenvalue weighted by Crippen LogP contribution is -2.17. The van der Waals surface area contributed by atoms with Crippen molar-refractivity contribution < 1.29 is 9.90 Å². The Morgan fingerprint density at radius 3 is 2.81 bits per heavy atom. The average Bonchev–Trinajstić information content (AvgIpc) is 2.70. The third kappa shape index (κ3) is 3.29. The Morgan fingerprint density at radius 2 is 2.25 bits per heavy atom. The summed E-state index contributed by atoms with van der Waals surface area (Å²) in [6, 6.07) is -0.139. The van der Waals surface area contributed by atoms with Crippen molar-refractivity contribution in [3.8, 4) is 0 Å². The van der Waals surface area contributed by atoms with Crippen LogP contribution in [0.15, 0.2) is 0 Å². The molecule has 0 amide bonds. The highest BCUT2D eigenvalue weighted by Gasteiger charge is 2.18. The Labute approximate surface area is 94.7 Å². The summed E-state index contributed by atoms with van der Waals surface area (Å²) in [6.07, 6.45) is 3.68. The van der Waals surface area contributed by atoms with E-state index in [1.165, 1.54) is 0 Å². The summed E-state index contributed by atoms with van der Waals surface area (Å²) in [5, 5.41) is 20.2. The number of carboxylic acid groups (broad SMARTS) is 1. The number of aryl methyl sites for hydroxylation is 1. The van der Waals surface area contributed by atoms with Gasteiger partial charge in [0.1, 0.15) is 0 Å². The van der Waals surface area contributed by atoms with Gasteiger partial charge in [-0.05, 0) is 23.3 Å². The number of aromatic nitrogens is 4. The molecule has 90 valence electrons. The molecule has 6 nitrogen and oxygen atoms in total. The van der Waals surface area contributed by atoms with E-state index in [0.717, 1.165) is 31.5 Å². The molecule has 0 bridgehead atoms. The summed E-state index contributed by atoms with van der Waals surface area (Å²) in [6.45, 7) is 4.04. The molecule has 16 heavy (non-hydrogen) atoms. The monoisotopic (exact) mass is 226 g/mol. The summed E-state index contributed by atoms with van der Waals surface area (Å²) in [5.74, 6) is -0.0289. The first kappa shape index (κ1) is 12.6. The maximum atomic E-state index is 10.7. The van der Waals surface area contributed by atoms with E-state index in [-0.39, 0.29) is 12.5 Å². The van der Waals surface area contributed by atoms with E-state index >= 15 is 0 Å². The number of carboxylic acids is 1. The van der Waals surface area contributed by atoms with Crippen molar-refractivity contribution in [2.45, 2.75) is 52.0 Å². The molecule has 0 radical (unpaired) electrons. The van der Waals surface area contributed by atoms with Gasteiger partial charge in [0, 0.05) is 6.42 Å². The van der Waals surface area contributed by atoms with Crippen LogP contribution in [-0.2, 0) is 11.2 Å². The van der Waals surface area contributed by atoms with Gasteiger partial charge in [0.25, 0.3) is 0 Å². The molecule has 1 aromatic rings. The largest absolute Gasteiger partial charge is 0.481 e. The van der Waals surface area contributed by atoms with E-state index in [1.807, 2.05) is 6.92 Å². The van der Waals surface area contributed by atoms with Gasteiger partial charge in [-0.25, -0.2) is 4.68 Å². The number of carbonyl (C=O) groups is 1. The second-order valence-corrected chi connectivity index (χ2v) is 3.80. The van der Waals surface area contributed by atoms with Crippen molar-refractivity contribution in [2.24, 2.45) is 0 Å². The molecule has 1 heterocycles. The van der Waals surface area contributed by atoms with Crippen molar-refractivity contribution in [1.82, 2.24) is 20.2 Å². The fraction of sp³-hybridized carbons (Fsp3) is 0.800. The van der Waals surface area contributed by atoms with Crippen LogP contribution in [0.3, 0.4) is 0 Å². The summed E-state index contributed by atoms with van der Waals surface area (Å²) < 4.78 is 1.66. The minimum Gasteiger partial charge on any atom is -0.481 e. The van der Waals surface area contributed by atoms with Crippen LogP contribution < -0.4 is 0 Å². The number of rotatable bonds is 7. The zero-order valence-corrected chi connectivity index (χ0v) is 9.76. The third-order valence-electron chi connectivity index (χ3n) is 2.54. The second-order valence-electron chi connectivity index (χ2n) is 3.80. The van der Waals surface area contributed by atoms with Gasteiger partial charge in [0.2, 0.25) is 0 Å². The van der Waals surface area contributed by atoms with Crippen LogP contribution in [0.5, 0.6) is 0 Å². The van der Waals surface area contributed by atoms with E-state index in [1.54, 1.807) is 4.68 Å². The molecular weight excluding hydrogens is 208 g/mol. The van der Waals surface area contributed by atoms with Crippen LogP contribution >= 0.6 is 0 Å². The van der Waals surface area contributed by atoms with Crippen LogP contribution in [-0.4, -0.2) is 31.3 Å². The van der Waals surface area contributed by atoms with Gasteiger partial charge < -0.3 is 5.11 Å². The second kappa shape index (κ2) is 6.19. The molecule has 0 aliphatic rings. The van der Waals surface area contributed by atoms with Crippen LogP contribution in [0.1, 0.15) is 51.4 Å². The SMILES string of the molecule is CCCCc1nnnn1C(CC)CC(=O)O. The van der Waals surface area contributed by atoms with Crippen LogP contribution in [0.25, 0.3) is 0 Å². The molecule has 0 fully saturated rings. The number of unbranched alkanes of at least 4 members (excludes halogenated alkanes) is 1. The number of aliphatic carboxylic acids is 1. The van der Waals surface area contributed by atoms with Crippen molar-refractivity contribution >= 4 is 5.97 Å². The fourth-order valence-electron chi connectivity index (χ4n) is 1.60. The molecule has 1 aromatic heterocycles. The van der Waals surface area contributed by atoms with E-state index in [4.69, 9.17) is 5.11 Å². The quantitative estimate of drug-likeness (QED) is 0.760. The summed E-state index contributed by atoms with van der Waals surface area (Å²) in [5.41, 5.74) is 0. The minimum atomic E-state index is -0.816. The van der Waals surface area contributed by atoms with Crippen LogP contribution in [0.4, 0.5) is 0 Å². The molecular formula is C10H18N4O2. The predicted octanol–water partition coefficient (Wildman–Crippen LogP) is 1.44. The molecule has 0 aromatic carbocycles. The Kier molecular flexibility index (Phi) is 4.88. The normalized spacial score (nSPS) is 12.6. The zero-order valence-electron chi connectivity index (χ0n) is 9.76. The summed E-state index contributed by atoms with van der Waals surface area (Å²) >= 11 is 0. The molecule has 0 aliphatic heterocycles. The Balaban J connectivity index is 2.75. The molecule has 0 saturated carbocycles. The van der Waals surface area contributed by atoms with Gasteiger partial charge in [0.05, 0.1) is 12.5 Å². The number of nitrogens with zero attached hydrogens (tertiary/aromatic N) is 4. The zero-order chi connectivity index (χ0) is 12.0. The first-order valence-electron chi connectivity index (χ1n) is 5.67. The van der Waals surface area contributed by atoms with Gasteiger partial charge in [-0.2, -0.15) is 0 Å². The average molecular weight is 226 g/mol. The van der Waals surface area contributed by atoms with Crippen LogP contribution in [0.2, 0.25) is 0 Å². The van der Waals surface area contributed by atoms with Crippen molar-refractivity contribution in [1.29, 1.82) is 0 Å². The number of hydrogen-bond donors (Lipinski definition) is 1. The highest BCUT2D eigenvalue weighted by atomic mass is 16.4. The number of hydrogen-bond acceptors (Lipinski definition) is 4. The van der Waals surface area contributed by atoms with E-state index in [2.05, 4.69) is 22.4 Å². The molecule has 1 N–H and O–H groups in total. The standard InChI is InChI=1S/C10H18N4O2/c1-3-5-6-9-11-12-13-14(9)8(4-2)7-10(15)16/h8H,3-7H2,1-2H3,(H,15,16). The fourth-order valence-corrected chi connectivity index (χ4v) is 1.60. The van der Waals surface area contributed by atoms with Crippen molar-refractivity contribution in [2.75, 3.05) is 0 Å². The maximum Gasteiger partial charge on any atom is 0.305 e. The first-order chi connectivity index (χ1) is 7.69. The molecule has 0 saturated heterocycles. The lowest BCUT2D eigenvalue weighted by atomic mass is 10.1. The van der Waals surface area contributed by atoms with Gasteiger partial charge >= 0.3 is 5.97 Å². The Morgan fingerprint density at radius 1 is 1.50 bits per heavy atom. The summed E-state index contributed by atoms with van der Waals surface area (Å²) in [4.78, 5) is 10.7. The predicted molar refractivity (Wildman–Crippen MR) is 58.0 cm³/mol. The minimum absolute atomic E-state index is 0.0701. The van der Waals surface area contributed by atoms with Gasteiger partial charge in [-0.3, -0.25) is 4.79 Å². The van der Waals surface area contributed by atoms with Gasteiger partial charge in [-0.1, -0.05) is 20.3 Å². The maximum absolute atomic E-state index is 10.7. The summed E-state index contributed by atoms with van der Waals surface area (Å²) in [7, 11) is 0. The van der Waals surface area contributed by atoms with E-state index in [0.29, 0.717) is 0 Å². The molecule has 0 spiro atoms. The first-order valence-corrected chi connectivity index (χ1v) is 5.67. The lowest BCUT2D eigenvalue weighted by Gasteiger charge is -2.13. The Bertz CT molecular complexity index is 337. The van der Waals surface area contributed by atoms with Crippen molar-refractivity contribution in [3.63, 3.8) is 0 Å². The highest BCUT2D eigenvalue weighted by molar-refractivity contribution is 5.67. The van der Waals surface area contributed by atoms with Gasteiger partial charge in [0.15, 0.2) is 5.82 Å². The topological polar surface area (TPSA) is 80.9 Å². The van der Waals surface area contributed by atoms with E-state index in [9.17, 15) is 4.79 Å². The smallest absolute Gasteiger partial charge is 0.305 e. The van der Waals surface area contributed by atoms with Crippen LogP contribution in [0, 0.1) is 0 Å². The lowest BCUT2D eigenvalue weighted by molar-refractivity contribution is -0.138. The highest BCUT2D eigenvalue weighted by Crippen LogP contribution is 2.16. The molecule has 1 atom stereocenters. The molecule has 1 unspecified atom stereocenters. The molecule has 6 heteroatoms. The Hall–Kier alpha value is -1.46. The third-order valence-corrected chi connectivity index (χ3v) is 2.54. The van der Waals surface area contributed by atoms with Gasteiger partial charge in [-0.15, -0.1) is 5.10 Å². The number of tetrazole rings is 1. The molecule has 0 aliphatic carbocycles.